The number of carboxylic acids is 1. The number of ether oxygens (including phenoxy) is 1. The summed E-state index contributed by atoms with van der Waals surface area (Å²) in [5, 5.41) is 16.0. The molecular formula is C33H38N4O5. The van der Waals surface area contributed by atoms with Gasteiger partial charge in [0, 0.05) is 41.9 Å². The number of hydrogen-bond acceptors (Lipinski definition) is 7. The van der Waals surface area contributed by atoms with Crippen LogP contribution < -0.4 is 10.1 Å². The maximum absolute atomic E-state index is 12.5. The number of carbonyl (C=O) groups excluding carboxylic acids is 1. The molecule has 0 saturated heterocycles. The lowest BCUT2D eigenvalue weighted by atomic mass is 10.0. The van der Waals surface area contributed by atoms with Crippen molar-refractivity contribution >= 4 is 11.9 Å². The highest BCUT2D eigenvalue weighted by atomic mass is 16.5. The third-order valence-electron chi connectivity index (χ3n) is 6.94. The lowest BCUT2D eigenvalue weighted by Crippen LogP contribution is -2.42. The van der Waals surface area contributed by atoms with Crippen molar-refractivity contribution in [2.75, 3.05) is 6.61 Å². The summed E-state index contributed by atoms with van der Waals surface area (Å²) in [4.78, 5) is 33.4. The molecule has 0 aliphatic rings. The van der Waals surface area contributed by atoms with E-state index < -0.39 is 17.9 Å². The number of carboxylic acid groups (broad SMARTS) is 1. The van der Waals surface area contributed by atoms with Crippen molar-refractivity contribution in [1.29, 1.82) is 0 Å². The highest BCUT2D eigenvalue weighted by Gasteiger charge is 2.23. The Balaban J connectivity index is 1.32. The SMILES string of the molecule is CCCCCCCOc1ccc(-c2cnc(-c3ccc(CC(NC(=O)c4cc(C(C)C)on4)C(=O)O)cc3)nc2)cc1. The van der Waals surface area contributed by atoms with E-state index in [4.69, 9.17) is 9.26 Å². The molecule has 1 unspecified atom stereocenters. The van der Waals surface area contributed by atoms with E-state index in [1.807, 2.05) is 62.4 Å². The zero-order valence-corrected chi connectivity index (χ0v) is 24.4. The largest absolute Gasteiger partial charge is 0.494 e. The molecule has 1 amide bonds. The highest BCUT2D eigenvalue weighted by Crippen LogP contribution is 2.24. The van der Waals surface area contributed by atoms with Crippen molar-refractivity contribution in [3.8, 4) is 28.3 Å². The summed E-state index contributed by atoms with van der Waals surface area (Å²) >= 11 is 0. The van der Waals surface area contributed by atoms with Gasteiger partial charge < -0.3 is 19.7 Å². The van der Waals surface area contributed by atoms with Crippen LogP contribution in [0.5, 0.6) is 5.75 Å². The Kier molecular flexibility index (Phi) is 10.8. The number of hydrogen-bond donors (Lipinski definition) is 2. The summed E-state index contributed by atoms with van der Waals surface area (Å²) in [6, 6.07) is 15.6. The second-order valence-corrected chi connectivity index (χ2v) is 10.6. The number of nitrogens with zero attached hydrogens (tertiary/aromatic N) is 3. The predicted octanol–water partition coefficient (Wildman–Crippen LogP) is 6.70. The Morgan fingerprint density at radius 3 is 2.19 bits per heavy atom. The van der Waals surface area contributed by atoms with Crippen molar-refractivity contribution in [3.05, 3.63) is 84.0 Å². The van der Waals surface area contributed by atoms with Crippen LogP contribution in [0.4, 0.5) is 0 Å². The van der Waals surface area contributed by atoms with Gasteiger partial charge in [0.1, 0.15) is 17.6 Å². The second-order valence-electron chi connectivity index (χ2n) is 10.6. The molecule has 1 atom stereocenters. The number of amides is 1. The molecule has 2 aromatic carbocycles. The summed E-state index contributed by atoms with van der Waals surface area (Å²) in [6.07, 6.45) is 9.71. The fourth-order valence-electron chi connectivity index (χ4n) is 4.39. The average Bonchev–Trinajstić information content (AvgIpc) is 3.51. The molecule has 0 bridgehead atoms. The first-order valence-corrected chi connectivity index (χ1v) is 14.5. The van der Waals surface area contributed by atoms with E-state index in [9.17, 15) is 14.7 Å². The number of unbranched alkanes of at least 4 members (excludes halogenated alkanes) is 4. The summed E-state index contributed by atoms with van der Waals surface area (Å²) in [7, 11) is 0. The maximum atomic E-state index is 12.5. The van der Waals surface area contributed by atoms with Crippen LogP contribution in [0.1, 0.15) is 80.6 Å². The van der Waals surface area contributed by atoms with Gasteiger partial charge in [-0.2, -0.15) is 0 Å². The molecule has 2 heterocycles. The van der Waals surface area contributed by atoms with Gasteiger partial charge in [0.05, 0.1) is 6.61 Å². The van der Waals surface area contributed by atoms with E-state index in [2.05, 4.69) is 27.4 Å². The zero-order chi connectivity index (χ0) is 29.9. The number of rotatable bonds is 15. The molecule has 2 N–H and O–H groups in total. The minimum absolute atomic E-state index is 0.0540. The highest BCUT2D eigenvalue weighted by molar-refractivity contribution is 5.95. The number of aromatic nitrogens is 3. The molecule has 0 radical (unpaired) electrons. The molecule has 4 rings (SSSR count). The van der Waals surface area contributed by atoms with Gasteiger partial charge in [0.25, 0.3) is 5.91 Å². The summed E-state index contributed by atoms with van der Waals surface area (Å²) in [5.74, 6) is 0.306. The molecule has 0 spiro atoms. The first kappa shape index (κ1) is 30.4. The second kappa shape index (κ2) is 14.9. The molecule has 0 saturated carbocycles. The van der Waals surface area contributed by atoms with Gasteiger partial charge in [0.15, 0.2) is 11.5 Å². The third kappa shape index (κ3) is 8.49. The van der Waals surface area contributed by atoms with Crippen LogP contribution in [0.25, 0.3) is 22.5 Å². The van der Waals surface area contributed by atoms with E-state index in [-0.39, 0.29) is 18.0 Å². The van der Waals surface area contributed by atoms with Crippen LogP contribution >= 0.6 is 0 Å². The van der Waals surface area contributed by atoms with Crippen LogP contribution in [-0.2, 0) is 11.2 Å². The predicted molar refractivity (Wildman–Crippen MR) is 160 cm³/mol. The van der Waals surface area contributed by atoms with E-state index in [1.54, 1.807) is 12.4 Å². The number of nitrogens with one attached hydrogen (secondary N) is 1. The van der Waals surface area contributed by atoms with Crippen LogP contribution in [-0.4, -0.2) is 44.8 Å². The summed E-state index contributed by atoms with van der Waals surface area (Å²) in [5.41, 5.74) is 3.49. The fraction of sp³-hybridized carbons (Fsp3) is 0.364. The average molecular weight is 571 g/mol. The zero-order valence-electron chi connectivity index (χ0n) is 24.4. The standard InChI is InChI=1S/C33H38N4O5/c1-4-5-6-7-8-17-41-27-15-13-24(14-16-27)26-20-34-31(35-21-26)25-11-9-23(10-12-25)18-29(33(39)40)36-32(38)28-19-30(22(2)3)42-37-28/h9-16,19-22,29H,4-8,17-18H2,1-3H3,(H,36,38)(H,39,40). The maximum Gasteiger partial charge on any atom is 0.326 e. The quantitative estimate of drug-likeness (QED) is 0.151. The molecule has 4 aromatic rings. The molecule has 42 heavy (non-hydrogen) atoms. The van der Waals surface area contributed by atoms with E-state index >= 15 is 0 Å². The Labute approximate surface area is 246 Å². The van der Waals surface area contributed by atoms with Gasteiger partial charge in [-0.1, -0.05) is 88.0 Å². The van der Waals surface area contributed by atoms with Crippen molar-refractivity contribution in [2.45, 2.75) is 71.3 Å². The van der Waals surface area contributed by atoms with Gasteiger partial charge in [-0.05, 0) is 29.7 Å². The van der Waals surface area contributed by atoms with Gasteiger partial charge >= 0.3 is 5.97 Å². The monoisotopic (exact) mass is 570 g/mol. The molecule has 0 aliphatic carbocycles. The van der Waals surface area contributed by atoms with Gasteiger partial charge in [-0.25, -0.2) is 14.8 Å². The third-order valence-corrected chi connectivity index (χ3v) is 6.94. The van der Waals surface area contributed by atoms with Crippen molar-refractivity contribution in [1.82, 2.24) is 20.4 Å². The Morgan fingerprint density at radius 1 is 0.905 bits per heavy atom. The van der Waals surface area contributed by atoms with Gasteiger partial charge in [-0.3, -0.25) is 4.79 Å². The first-order valence-electron chi connectivity index (χ1n) is 14.5. The van der Waals surface area contributed by atoms with Crippen LogP contribution in [0.3, 0.4) is 0 Å². The molecular weight excluding hydrogens is 532 g/mol. The van der Waals surface area contributed by atoms with Crippen LogP contribution in [0.15, 0.2) is 71.5 Å². The molecule has 0 fully saturated rings. The fourth-order valence-corrected chi connectivity index (χ4v) is 4.39. The first-order chi connectivity index (χ1) is 20.3. The van der Waals surface area contributed by atoms with Crippen molar-refractivity contribution < 1.29 is 24.0 Å². The van der Waals surface area contributed by atoms with Crippen molar-refractivity contribution in [3.63, 3.8) is 0 Å². The lowest BCUT2D eigenvalue weighted by Gasteiger charge is -2.14. The summed E-state index contributed by atoms with van der Waals surface area (Å²) < 4.78 is 11.0. The Bertz CT molecular complexity index is 1430. The Morgan fingerprint density at radius 2 is 1.57 bits per heavy atom. The number of benzene rings is 2. The molecule has 220 valence electrons. The number of carbonyl (C=O) groups is 2. The normalized spacial score (nSPS) is 11.8. The van der Waals surface area contributed by atoms with Crippen LogP contribution in [0, 0.1) is 0 Å². The molecule has 2 aromatic heterocycles. The van der Waals surface area contributed by atoms with Crippen LogP contribution in [0.2, 0.25) is 0 Å². The van der Waals surface area contributed by atoms with E-state index in [0.717, 1.165) is 41.0 Å². The lowest BCUT2D eigenvalue weighted by molar-refractivity contribution is -0.139. The smallest absolute Gasteiger partial charge is 0.326 e. The number of aliphatic carboxylic acids is 1. The van der Waals surface area contributed by atoms with E-state index in [0.29, 0.717) is 11.6 Å². The summed E-state index contributed by atoms with van der Waals surface area (Å²) in [6.45, 7) is 6.77. The van der Waals surface area contributed by atoms with Crippen molar-refractivity contribution in [2.24, 2.45) is 0 Å². The minimum atomic E-state index is -1.14. The molecule has 0 aliphatic heterocycles. The molecule has 9 heteroatoms. The Hall–Kier alpha value is -4.53. The van der Waals surface area contributed by atoms with E-state index in [1.165, 1.54) is 31.7 Å². The molecule has 9 nitrogen and oxygen atoms in total. The minimum Gasteiger partial charge on any atom is -0.494 e. The topological polar surface area (TPSA) is 127 Å². The van der Waals surface area contributed by atoms with Gasteiger partial charge in [0.2, 0.25) is 0 Å². The van der Waals surface area contributed by atoms with Gasteiger partial charge in [-0.15, -0.1) is 0 Å².